The van der Waals surface area contributed by atoms with Crippen LogP contribution in [0.2, 0.25) is 0 Å². The van der Waals surface area contributed by atoms with Gasteiger partial charge < -0.3 is 10.5 Å². The summed E-state index contributed by atoms with van der Waals surface area (Å²) in [7, 11) is -1.44. The quantitative estimate of drug-likeness (QED) is 0.707. The fraction of sp³-hybridized carbons (Fsp3) is 0.889. The number of methoxy groups -OCH3 is 1. The van der Waals surface area contributed by atoms with Gasteiger partial charge in [-0.25, -0.2) is 9.52 Å². The van der Waals surface area contributed by atoms with Crippen LogP contribution in [0.4, 0.5) is 4.79 Å². The first-order valence-corrected chi connectivity index (χ1v) is 6.78. The Balaban J connectivity index is 5.12. The summed E-state index contributed by atoms with van der Waals surface area (Å²) >= 11 is 0. The van der Waals surface area contributed by atoms with Crippen LogP contribution in [-0.2, 0) is 14.9 Å². The number of hydrogen-bond donors (Lipinski definition) is 2. The van der Waals surface area contributed by atoms with Crippen molar-refractivity contribution < 1.29 is 17.9 Å². The molecule has 0 radical (unpaired) electrons. The second-order valence-corrected chi connectivity index (χ2v) is 5.40. The van der Waals surface area contributed by atoms with Crippen molar-refractivity contribution in [3.05, 3.63) is 0 Å². The number of likely N-dealkylation sites (N-methyl/N-ethyl adjacent to an activating group) is 1. The number of nitrogens with two attached hydrogens (primary N) is 1. The van der Waals surface area contributed by atoms with Crippen molar-refractivity contribution in [2.75, 3.05) is 20.7 Å². The van der Waals surface area contributed by atoms with Gasteiger partial charge in [-0.2, -0.15) is 12.7 Å². The van der Waals surface area contributed by atoms with Crippen LogP contribution in [0, 0.1) is 0 Å². The van der Waals surface area contributed by atoms with Crippen molar-refractivity contribution >= 4 is 16.3 Å². The predicted molar refractivity (Wildman–Crippen MR) is 64.6 cm³/mol. The van der Waals surface area contributed by atoms with Crippen LogP contribution >= 0.6 is 0 Å². The zero-order chi connectivity index (χ0) is 13.7. The lowest BCUT2D eigenvalue weighted by molar-refractivity contribution is 0.173. The van der Waals surface area contributed by atoms with E-state index in [-0.39, 0.29) is 6.54 Å². The monoisotopic (exact) mass is 267 g/mol. The summed E-state index contributed by atoms with van der Waals surface area (Å²) in [6, 6.07) is 0. The molecule has 0 aromatic rings. The number of hydrogen-bond acceptors (Lipinski definition) is 5. The van der Waals surface area contributed by atoms with Gasteiger partial charge in [0.1, 0.15) is 0 Å². The average molecular weight is 267 g/mol. The molecule has 0 aliphatic heterocycles. The highest BCUT2D eigenvalue weighted by atomic mass is 32.2. The van der Waals surface area contributed by atoms with Crippen LogP contribution in [0.1, 0.15) is 26.7 Å². The molecule has 1 amide bonds. The molecular formula is C9H21N3O4S. The van der Waals surface area contributed by atoms with Gasteiger partial charge in [0, 0.05) is 19.1 Å². The molecule has 0 aromatic heterocycles. The van der Waals surface area contributed by atoms with Crippen LogP contribution < -0.4 is 10.5 Å². The van der Waals surface area contributed by atoms with E-state index in [1.54, 1.807) is 4.72 Å². The van der Waals surface area contributed by atoms with E-state index < -0.39 is 21.8 Å². The number of nitrogens with one attached hydrogen (secondary N) is 1. The number of nitrogens with zero attached hydrogens (tertiary/aromatic N) is 1. The van der Waals surface area contributed by atoms with Gasteiger partial charge in [0.15, 0.2) is 0 Å². The topological polar surface area (TPSA) is 102 Å². The third-order valence-corrected chi connectivity index (χ3v) is 4.66. The molecule has 102 valence electrons. The first-order chi connectivity index (χ1) is 7.79. The molecule has 0 rings (SSSR count). The van der Waals surface area contributed by atoms with E-state index >= 15 is 0 Å². The lowest BCUT2D eigenvalue weighted by atomic mass is 9.93. The maximum absolute atomic E-state index is 11.9. The molecule has 0 atom stereocenters. The van der Waals surface area contributed by atoms with E-state index in [4.69, 9.17) is 5.73 Å². The minimum atomic E-state index is -3.94. The molecule has 0 saturated carbocycles. The Labute approximate surface area is 102 Å². The van der Waals surface area contributed by atoms with Crippen molar-refractivity contribution in [1.29, 1.82) is 0 Å². The van der Waals surface area contributed by atoms with Crippen molar-refractivity contribution in [3.8, 4) is 0 Å². The lowest BCUT2D eigenvalue weighted by Crippen LogP contribution is -2.57. The Bertz CT molecular complexity index is 343. The fourth-order valence-electron chi connectivity index (χ4n) is 1.58. The van der Waals surface area contributed by atoms with Crippen molar-refractivity contribution in [3.63, 3.8) is 0 Å². The Morgan fingerprint density at radius 2 is 1.88 bits per heavy atom. The van der Waals surface area contributed by atoms with Gasteiger partial charge in [-0.15, -0.1) is 0 Å². The van der Waals surface area contributed by atoms with Crippen molar-refractivity contribution in [2.45, 2.75) is 32.2 Å². The molecule has 7 nitrogen and oxygen atoms in total. The molecule has 0 saturated heterocycles. The highest BCUT2D eigenvalue weighted by Crippen LogP contribution is 2.23. The average Bonchev–Trinajstić information content (AvgIpc) is 2.31. The largest absolute Gasteiger partial charge is 0.452 e. The SMILES string of the molecule is CCC(CC)(CN)N(C)S(=O)(=O)NC(=O)OC. The summed E-state index contributed by atoms with van der Waals surface area (Å²) in [5.41, 5.74) is 4.95. The predicted octanol–water partition coefficient (Wildman–Crippen LogP) is 0.0365. The molecule has 3 N–H and O–H groups in total. The second kappa shape index (κ2) is 6.18. The zero-order valence-corrected chi connectivity index (χ0v) is 11.5. The normalized spacial score (nSPS) is 12.6. The molecule has 17 heavy (non-hydrogen) atoms. The molecular weight excluding hydrogens is 246 g/mol. The van der Waals surface area contributed by atoms with Crippen LogP contribution in [0.25, 0.3) is 0 Å². The van der Waals surface area contributed by atoms with E-state index in [2.05, 4.69) is 4.74 Å². The molecule has 8 heteroatoms. The molecule has 0 aliphatic carbocycles. The summed E-state index contributed by atoms with van der Waals surface area (Å²) in [4.78, 5) is 11.0. The highest BCUT2D eigenvalue weighted by molar-refractivity contribution is 7.87. The number of rotatable bonds is 6. The van der Waals surface area contributed by atoms with Gasteiger partial charge in [0.25, 0.3) is 0 Å². The van der Waals surface area contributed by atoms with Crippen LogP contribution in [0.3, 0.4) is 0 Å². The van der Waals surface area contributed by atoms with E-state index in [0.717, 1.165) is 11.4 Å². The van der Waals surface area contributed by atoms with E-state index in [1.165, 1.54) is 7.05 Å². The molecule has 0 unspecified atom stereocenters. The van der Waals surface area contributed by atoms with Crippen molar-refractivity contribution in [2.24, 2.45) is 5.73 Å². The summed E-state index contributed by atoms with van der Waals surface area (Å²) in [6.45, 7) is 3.87. The third-order valence-electron chi connectivity index (χ3n) is 3.12. The smallest absolute Gasteiger partial charge is 0.421 e. The minimum absolute atomic E-state index is 0.179. The molecule has 0 aromatic carbocycles. The summed E-state index contributed by atoms with van der Waals surface area (Å²) in [5.74, 6) is 0. The van der Waals surface area contributed by atoms with E-state index in [1.807, 2.05) is 13.8 Å². The fourth-order valence-corrected chi connectivity index (χ4v) is 2.86. The molecule has 0 spiro atoms. The number of ether oxygens (including phenoxy) is 1. The van der Waals surface area contributed by atoms with Crippen LogP contribution in [0.15, 0.2) is 0 Å². The maximum atomic E-state index is 11.9. The summed E-state index contributed by atoms with van der Waals surface area (Å²) < 4.78 is 30.9. The first kappa shape index (κ1) is 16.1. The Morgan fingerprint density at radius 1 is 1.41 bits per heavy atom. The Hall–Kier alpha value is -0.860. The van der Waals surface area contributed by atoms with Gasteiger partial charge in [0.05, 0.1) is 7.11 Å². The van der Waals surface area contributed by atoms with Gasteiger partial charge in [-0.05, 0) is 12.8 Å². The number of amides is 1. The van der Waals surface area contributed by atoms with Crippen molar-refractivity contribution in [1.82, 2.24) is 9.03 Å². The first-order valence-electron chi connectivity index (χ1n) is 5.34. The minimum Gasteiger partial charge on any atom is -0.452 e. The van der Waals surface area contributed by atoms with E-state index in [9.17, 15) is 13.2 Å². The van der Waals surface area contributed by atoms with Gasteiger partial charge in [-0.3, -0.25) is 0 Å². The van der Waals surface area contributed by atoms with Gasteiger partial charge in [-0.1, -0.05) is 13.8 Å². The standard InChI is InChI=1S/C9H21N3O4S/c1-5-9(6-2,7-10)12(3)17(14,15)11-8(13)16-4/h5-7,10H2,1-4H3,(H,11,13). The molecule has 0 aliphatic rings. The summed E-state index contributed by atoms with van der Waals surface area (Å²) in [6.07, 6.45) is 0.0898. The molecule has 0 heterocycles. The maximum Gasteiger partial charge on any atom is 0.421 e. The van der Waals surface area contributed by atoms with Crippen LogP contribution in [0.5, 0.6) is 0 Å². The zero-order valence-electron chi connectivity index (χ0n) is 10.7. The van der Waals surface area contributed by atoms with Gasteiger partial charge in [0.2, 0.25) is 0 Å². The Kier molecular flexibility index (Phi) is 5.86. The molecule has 0 bridgehead atoms. The third kappa shape index (κ3) is 3.55. The van der Waals surface area contributed by atoms with Gasteiger partial charge >= 0.3 is 16.3 Å². The second-order valence-electron chi connectivity index (χ2n) is 3.70. The number of carbonyl (C=O) groups is 1. The number of carbonyl (C=O) groups excluding carboxylic acids is 1. The highest BCUT2D eigenvalue weighted by Gasteiger charge is 2.38. The van der Waals surface area contributed by atoms with E-state index in [0.29, 0.717) is 12.8 Å². The summed E-state index contributed by atoms with van der Waals surface area (Å²) in [5, 5.41) is 0. The van der Waals surface area contributed by atoms with Crippen LogP contribution in [-0.4, -0.2) is 45.1 Å². The Morgan fingerprint density at radius 3 is 2.18 bits per heavy atom. The molecule has 0 fully saturated rings. The lowest BCUT2D eigenvalue weighted by Gasteiger charge is -2.38.